The van der Waals surface area contributed by atoms with Gasteiger partial charge in [0.1, 0.15) is 0 Å². The molecule has 0 spiro atoms. The molecule has 0 rings (SSSR count). The Balaban J connectivity index is 3.09. The van der Waals surface area contributed by atoms with Gasteiger partial charge in [-0.25, -0.2) is 0 Å². The van der Waals surface area contributed by atoms with Gasteiger partial charge in [-0.05, 0) is 46.1 Å². The molecule has 1 heteroatoms. The van der Waals surface area contributed by atoms with Gasteiger partial charge in [0.2, 0.25) is 0 Å². The maximum Gasteiger partial charge on any atom is 0.00357 e. The molecule has 0 fully saturated rings. The third-order valence-corrected chi connectivity index (χ3v) is 4.14. The number of hydrogen-bond acceptors (Lipinski definition) is 1. The van der Waals surface area contributed by atoms with Gasteiger partial charge >= 0.3 is 0 Å². The lowest BCUT2D eigenvalue weighted by atomic mass is 10.1. The van der Waals surface area contributed by atoms with Crippen molar-refractivity contribution in [3.05, 3.63) is 12.2 Å². The first-order valence-corrected chi connectivity index (χ1v) is 9.13. The molecule has 1 atom stereocenters. The molecule has 20 heavy (non-hydrogen) atoms. The van der Waals surface area contributed by atoms with E-state index in [9.17, 15) is 0 Å². The van der Waals surface area contributed by atoms with Crippen LogP contribution in [0.15, 0.2) is 12.2 Å². The maximum atomic E-state index is 3.30. The molecule has 0 aromatic heterocycles. The summed E-state index contributed by atoms with van der Waals surface area (Å²) in [5.41, 5.74) is 0. The Morgan fingerprint density at radius 2 is 1.25 bits per heavy atom. The zero-order chi connectivity index (χ0) is 14.9. The van der Waals surface area contributed by atoms with Crippen molar-refractivity contribution in [2.75, 3.05) is 7.05 Å². The molecule has 1 unspecified atom stereocenters. The molecule has 0 bridgehead atoms. The minimum atomic E-state index is 0.687. The highest BCUT2D eigenvalue weighted by molar-refractivity contribution is 4.81. The van der Waals surface area contributed by atoms with Crippen LogP contribution in [0.1, 0.15) is 97.3 Å². The zero-order valence-corrected chi connectivity index (χ0v) is 14.4. The second kappa shape index (κ2) is 16.8. The van der Waals surface area contributed by atoms with Gasteiger partial charge in [0, 0.05) is 6.04 Å². The standard InChI is InChI=1S/C19H39N/c1-4-5-6-7-8-9-10-11-12-13-14-15-16-17-18-19(2)20-3/h11-12,19-20H,4-10,13-18H2,1-3H3/b12-11+. The van der Waals surface area contributed by atoms with Gasteiger partial charge < -0.3 is 5.32 Å². The minimum absolute atomic E-state index is 0.687. The van der Waals surface area contributed by atoms with Crippen LogP contribution in [0.25, 0.3) is 0 Å². The van der Waals surface area contributed by atoms with Gasteiger partial charge in [-0.2, -0.15) is 0 Å². The quantitative estimate of drug-likeness (QED) is 0.277. The van der Waals surface area contributed by atoms with Crippen LogP contribution in [0.4, 0.5) is 0 Å². The number of nitrogens with one attached hydrogen (secondary N) is 1. The first kappa shape index (κ1) is 19.7. The number of allylic oxidation sites excluding steroid dienone is 2. The maximum absolute atomic E-state index is 3.30. The van der Waals surface area contributed by atoms with E-state index in [1.807, 2.05) is 0 Å². The summed E-state index contributed by atoms with van der Waals surface area (Å²) < 4.78 is 0. The normalized spacial score (nSPS) is 13.2. The average Bonchev–Trinajstić information content (AvgIpc) is 2.47. The van der Waals surface area contributed by atoms with Crippen LogP contribution in [-0.4, -0.2) is 13.1 Å². The highest BCUT2D eigenvalue weighted by atomic mass is 14.8. The van der Waals surface area contributed by atoms with Gasteiger partial charge in [-0.15, -0.1) is 0 Å². The summed E-state index contributed by atoms with van der Waals surface area (Å²) in [5, 5.41) is 3.30. The Bertz CT molecular complexity index is 198. The van der Waals surface area contributed by atoms with Crippen molar-refractivity contribution in [1.82, 2.24) is 5.32 Å². The molecular formula is C19H39N. The Kier molecular flexibility index (Phi) is 16.5. The van der Waals surface area contributed by atoms with Crippen LogP contribution in [0.5, 0.6) is 0 Å². The van der Waals surface area contributed by atoms with Crippen LogP contribution in [-0.2, 0) is 0 Å². The van der Waals surface area contributed by atoms with Crippen LogP contribution in [0.2, 0.25) is 0 Å². The van der Waals surface area contributed by atoms with Crippen molar-refractivity contribution >= 4 is 0 Å². The number of rotatable bonds is 15. The molecule has 1 N–H and O–H groups in total. The highest BCUT2D eigenvalue weighted by Crippen LogP contribution is 2.09. The lowest BCUT2D eigenvalue weighted by Crippen LogP contribution is -2.20. The minimum Gasteiger partial charge on any atom is -0.317 e. The van der Waals surface area contributed by atoms with Crippen LogP contribution < -0.4 is 5.32 Å². The molecule has 0 aromatic rings. The second-order valence-electron chi connectivity index (χ2n) is 6.21. The number of hydrogen-bond donors (Lipinski definition) is 1. The molecule has 120 valence electrons. The summed E-state index contributed by atoms with van der Waals surface area (Å²) in [5.74, 6) is 0. The molecule has 1 nitrogen and oxygen atoms in total. The lowest BCUT2D eigenvalue weighted by molar-refractivity contribution is 0.515. The van der Waals surface area contributed by atoms with E-state index in [4.69, 9.17) is 0 Å². The largest absolute Gasteiger partial charge is 0.317 e. The SMILES string of the molecule is CCCCCCCC/C=C/CCCCCCC(C)NC. The van der Waals surface area contributed by atoms with Gasteiger partial charge in [-0.3, -0.25) is 0 Å². The van der Waals surface area contributed by atoms with Crippen molar-refractivity contribution in [3.63, 3.8) is 0 Å². The fourth-order valence-electron chi connectivity index (χ4n) is 2.49. The Morgan fingerprint density at radius 3 is 1.80 bits per heavy atom. The molecule has 0 aliphatic rings. The predicted octanol–water partition coefficient (Wildman–Crippen LogP) is 6.24. The molecule has 0 aromatic carbocycles. The van der Waals surface area contributed by atoms with E-state index in [2.05, 4.69) is 38.4 Å². The fraction of sp³-hybridized carbons (Fsp3) is 0.895. The summed E-state index contributed by atoms with van der Waals surface area (Å²) in [4.78, 5) is 0. The summed E-state index contributed by atoms with van der Waals surface area (Å²) in [7, 11) is 2.05. The molecule has 0 saturated carbocycles. The molecule has 0 aliphatic carbocycles. The fourth-order valence-corrected chi connectivity index (χ4v) is 2.49. The third-order valence-electron chi connectivity index (χ3n) is 4.14. The van der Waals surface area contributed by atoms with E-state index in [0.29, 0.717) is 6.04 Å². The van der Waals surface area contributed by atoms with Crippen molar-refractivity contribution < 1.29 is 0 Å². The smallest absolute Gasteiger partial charge is 0.00357 e. The zero-order valence-electron chi connectivity index (χ0n) is 14.4. The Labute approximate surface area is 128 Å². The van der Waals surface area contributed by atoms with Crippen molar-refractivity contribution in [2.24, 2.45) is 0 Å². The second-order valence-corrected chi connectivity index (χ2v) is 6.21. The summed E-state index contributed by atoms with van der Waals surface area (Å²) >= 11 is 0. The van der Waals surface area contributed by atoms with Gasteiger partial charge in [0.15, 0.2) is 0 Å². The Morgan fingerprint density at radius 1 is 0.750 bits per heavy atom. The molecule has 0 heterocycles. The van der Waals surface area contributed by atoms with E-state index in [1.165, 1.54) is 83.5 Å². The highest BCUT2D eigenvalue weighted by Gasteiger charge is 1.96. The first-order chi connectivity index (χ1) is 9.81. The van der Waals surface area contributed by atoms with E-state index in [1.54, 1.807) is 0 Å². The molecule has 0 saturated heterocycles. The Hall–Kier alpha value is -0.300. The lowest BCUT2D eigenvalue weighted by Gasteiger charge is -2.08. The molecule has 0 radical (unpaired) electrons. The predicted molar refractivity (Wildman–Crippen MR) is 93.4 cm³/mol. The van der Waals surface area contributed by atoms with Crippen molar-refractivity contribution in [3.8, 4) is 0 Å². The van der Waals surface area contributed by atoms with Gasteiger partial charge in [0.05, 0.1) is 0 Å². The first-order valence-electron chi connectivity index (χ1n) is 9.13. The van der Waals surface area contributed by atoms with Gasteiger partial charge in [-0.1, -0.05) is 70.4 Å². The third kappa shape index (κ3) is 15.8. The van der Waals surface area contributed by atoms with Gasteiger partial charge in [0.25, 0.3) is 0 Å². The van der Waals surface area contributed by atoms with E-state index < -0.39 is 0 Å². The molecule has 0 amide bonds. The summed E-state index contributed by atoms with van der Waals surface area (Å²) in [6.45, 7) is 4.55. The van der Waals surface area contributed by atoms with Crippen LogP contribution >= 0.6 is 0 Å². The monoisotopic (exact) mass is 281 g/mol. The van der Waals surface area contributed by atoms with Crippen LogP contribution in [0, 0.1) is 0 Å². The average molecular weight is 282 g/mol. The summed E-state index contributed by atoms with van der Waals surface area (Å²) in [6.07, 6.45) is 22.7. The van der Waals surface area contributed by atoms with Crippen LogP contribution in [0.3, 0.4) is 0 Å². The van der Waals surface area contributed by atoms with E-state index >= 15 is 0 Å². The molecular weight excluding hydrogens is 242 g/mol. The van der Waals surface area contributed by atoms with Crippen molar-refractivity contribution in [2.45, 2.75) is 103 Å². The van der Waals surface area contributed by atoms with Crippen molar-refractivity contribution in [1.29, 1.82) is 0 Å². The number of unbranched alkanes of at least 4 members (excludes halogenated alkanes) is 10. The topological polar surface area (TPSA) is 12.0 Å². The molecule has 0 aliphatic heterocycles. The summed E-state index contributed by atoms with van der Waals surface area (Å²) in [6, 6.07) is 0.687. The van der Waals surface area contributed by atoms with E-state index in [0.717, 1.165) is 0 Å². The van der Waals surface area contributed by atoms with E-state index in [-0.39, 0.29) is 0 Å².